The Labute approximate surface area is 106 Å². The highest BCUT2D eigenvalue weighted by Gasteiger charge is 2.10. The normalized spacial score (nSPS) is 15.1. The Hall–Kier alpha value is -1.68. The molecule has 2 rings (SSSR count). The number of ether oxygens (including phenoxy) is 1. The van der Waals surface area contributed by atoms with Gasteiger partial charge in [0.25, 0.3) is 0 Å². The largest absolute Gasteiger partial charge is 0.423 e. The Morgan fingerprint density at radius 1 is 1.39 bits per heavy atom. The van der Waals surface area contributed by atoms with Crippen LogP contribution in [-0.4, -0.2) is 19.1 Å². The summed E-state index contributed by atoms with van der Waals surface area (Å²) in [6.45, 7) is 1.81. The minimum absolute atomic E-state index is 0.00166. The van der Waals surface area contributed by atoms with Crippen LogP contribution in [0, 0.1) is 5.82 Å². The maximum absolute atomic E-state index is 13.2. The Morgan fingerprint density at radius 3 is 2.94 bits per heavy atom. The second-order valence-corrected chi connectivity index (χ2v) is 4.22. The predicted molar refractivity (Wildman–Crippen MR) is 66.8 cm³/mol. The number of carbonyl (C=O) groups excluding carboxylic acids is 1. The fraction of sp³-hybridized carbons (Fsp3) is 0.357. The van der Waals surface area contributed by atoms with Gasteiger partial charge in [0.2, 0.25) is 0 Å². The van der Waals surface area contributed by atoms with Crippen LogP contribution in [0.25, 0.3) is 0 Å². The van der Waals surface area contributed by atoms with E-state index in [0.717, 1.165) is 19.5 Å². The van der Waals surface area contributed by atoms with Crippen molar-refractivity contribution in [2.75, 3.05) is 13.1 Å². The topological polar surface area (TPSA) is 38.3 Å². The molecule has 0 atom stereocenters. The monoisotopic (exact) mass is 249 g/mol. The molecule has 0 radical (unpaired) electrons. The van der Waals surface area contributed by atoms with E-state index in [2.05, 4.69) is 11.4 Å². The standard InChI is InChI=1S/C14H16FNO2/c15-12-3-1-2-4-13(12)18-14(17)6-5-11-7-9-16-10-8-11/h1-4,7,16H,5-6,8-10H2. The first-order chi connectivity index (χ1) is 8.75. The average molecular weight is 249 g/mol. The molecule has 0 unspecified atom stereocenters. The number of halogens is 1. The summed E-state index contributed by atoms with van der Waals surface area (Å²) in [5, 5.41) is 3.21. The van der Waals surface area contributed by atoms with Crippen LogP contribution in [0.2, 0.25) is 0 Å². The third kappa shape index (κ3) is 3.67. The molecule has 0 fully saturated rings. The van der Waals surface area contributed by atoms with Crippen molar-refractivity contribution >= 4 is 5.97 Å². The first-order valence-electron chi connectivity index (χ1n) is 6.09. The summed E-state index contributed by atoms with van der Waals surface area (Å²) in [6, 6.07) is 5.93. The van der Waals surface area contributed by atoms with Crippen LogP contribution < -0.4 is 10.1 Å². The van der Waals surface area contributed by atoms with E-state index in [9.17, 15) is 9.18 Å². The van der Waals surface area contributed by atoms with Gasteiger partial charge >= 0.3 is 5.97 Å². The Balaban J connectivity index is 1.82. The van der Waals surface area contributed by atoms with Gasteiger partial charge in [0.05, 0.1) is 0 Å². The Bertz CT molecular complexity index is 457. The minimum atomic E-state index is -0.507. The fourth-order valence-electron chi connectivity index (χ4n) is 1.86. The van der Waals surface area contributed by atoms with Crippen LogP contribution in [0.1, 0.15) is 19.3 Å². The quantitative estimate of drug-likeness (QED) is 0.506. The van der Waals surface area contributed by atoms with Crippen LogP contribution in [0.3, 0.4) is 0 Å². The molecular weight excluding hydrogens is 233 g/mol. The lowest BCUT2D eigenvalue weighted by molar-refractivity contribution is -0.134. The molecule has 18 heavy (non-hydrogen) atoms. The van der Waals surface area contributed by atoms with Crippen LogP contribution in [-0.2, 0) is 4.79 Å². The van der Waals surface area contributed by atoms with Gasteiger partial charge in [0, 0.05) is 13.0 Å². The number of hydrogen-bond donors (Lipinski definition) is 1. The number of rotatable bonds is 4. The zero-order valence-electron chi connectivity index (χ0n) is 10.1. The number of benzene rings is 1. The van der Waals surface area contributed by atoms with Crippen molar-refractivity contribution in [1.82, 2.24) is 5.32 Å². The highest BCUT2D eigenvalue weighted by Crippen LogP contribution is 2.17. The van der Waals surface area contributed by atoms with Crippen LogP contribution in [0.5, 0.6) is 5.75 Å². The molecule has 1 aromatic rings. The van der Waals surface area contributed by atoms with Gasteiger partial charge in [-0.1, -0.05) is 23.8 Å². The first kappa shape index (κ1) is 12.8. The average Bonchev–Trinajstić information content (AvgIpc) is 2.40. The fourth-order valence-corrected chi connectivity index (χ4v) is 1.86. The van der Waals surface area contributed by atoms with E-state index in [0.29, 0.717) is 12.8 Å². The zero-order valence-corrected chi connectivity index (χ0v) is 10.1. The maximum atomic E-state index is 13.2. The van der Waals surface area contributed by atoms with Crippen molar-refractivity contribution in [2.45, 2.75) is 19.3 Å². The van der Waals surface area contributed by atoms with E-state index in [1.807, 2.05) is 0 Å². The smallest absolute Gasteiger partial charge is 0.311 e. The molecule has 0 aromatic heterocycles. The van der Waals surface area contributed by atoms with Gasteiger partial charge in [-0.3, -0.25) is 4.79 Å². The van der Waals surface area contributed by atoms with Gasteiger partial charge in [-0.2, -0.15) is 0 Å². The Kier molecular flexibility index (Phi) is 4.47. The SMILES string of the molecule is O=C(CCC1=CCNCC1)Oc1ccccc1F. The van der Waals surface area contributed by atoms with Crippen molar-refractivity contribution in [3.8, 4) is 5.75 Å². The second-order valence-electron chi connectivity index (χ2n) is 4.22. The van der Waals surface area contributed by atoms with Crippen molar-refractivity contribution in [1.29, 1.82) is 0 Å². The molecule has 0 aliphatic carbocycles. The molecule has 1 aliphatic heterocycles. The third-order valence-corrected chi connectivity index (χ3v) is 2.87. The van der Waals surface area contributed by atoms with Gasteiger partial charge < -0.3 is 10.1 Å². The maximum Gasteiger partial charge on any atom is 0.311 e. The molecule has 4 heteroatoms. The molecule has 0 spiro atoms. The lowest BCUT2D eigenvalue weighted by Crippen LogP contribution is -2.21. The number of esters is 1. The molecule has 0 saturated carbocycles. The van der Waals surface area contributed by atoms with Crippen molar-refractivity contribution < 1.29 is 13.9 Å². The third-order valence-electron chi connectivity index (χ3n) is 2.87. The molecule has 3 nitrogen and oxygen atoms in total. The van der Waals surface area contributed by atoms with Crippen molar-refractivity contribution in [3.63, 3.8) is 0 Å². The predicted octanol–water partition coefficient (Wildman–Crippen LogP) is 2.43. The molecule has 1 aliphatic rings. The molecule has 1 N–H and O–H groups in total. The van der Waals surface area contributed by atoms with Crippen LogP contribution in [0.4, 0.5) is 4.39 Å². The van der Waals surface area contributed by atoms with Gasteiger partial charge in [-0.25, -0.2) is 4.39 Å². The van der Waals surface area contributed by atoms with Gasteiger partial charge in [-0.05, 0) is 31.5 Å². The highest BCUT2D eigenvalue weighted by molar-refractivity contribution is 5.72. The van der Waals surface area contributed by atoms with Gasteiger partial charge in [0.15, 0.2) is 11.6 Å². The minimum Gasteiger partial charge on any atom is -0.423 e. The van der Waals surface area contributed by atoms with E-state index < -0.39 is 5.82 Å². The van der Waals surface area contributed by atoms with E-state index >= 15 is 0 Å². The Morgan fingerprint density at radius 2 is 2.22 bits per heavy atom. The van der Waals surface area contributed by atoms with E-state index in [1.54, 1.807) is 12.1 Å². The first-order valence-corrected chi connectivity index (χ1v) is 6.09. The molecule has 0 saturated heterocycles. The zero-order chi connectivity index (χ0) is 12.8. The summed E-state index contributed by atoms with van der Waals surface area (Å²) >= 11 is 0. The second kappa shape index (κ2) is 6.31. The molecule has 1 aromatic carbocycles. The number of para-hydroxylation sites is 1. The van der Waals surface area contributed by atoms with E-state index in [4.69, 9.17) is 4.74 Å². The molecule has 0 amide bonds. The molecule has 0 bridgehead atoms. The van der Waals surface area contributed by atoms with Crippen molar-refractivity contribution in [2.24, 2.45) is 0 Å². The van der Waals surface area contributed by atoms with Gasteiger partial charge in [-0.15, -0.1) is 0 Å². The van der Waals surface area contributed by atoms with Crippen LogP contribution in [0.15, 0.2) is 35.9 Å². The number of nitrogens with one attached hydrogen (secondary N) is 1. The summed E-state index contributed by atoms with van der Waals surface area (Å²) < 4.78 is 18.2. The summed E-state index contributed by atoms with van der Waals surface area (Å²) in [7, 11) is 0. The summed E-state index contributed by atoms with van der Waals surface area (Å²) in [5.41, 5.74) is 1.26. The molecular formula is C14H16FNO2. The number of carbonyl (C=O) groups is 1. The summed E-state index contributed by atoms with van der Waals surface area (Å²) in [4.78, 5) is 11.6. The van der Waals surface area contributed by atoms with E-state index in [-0.39, 0.29) is 11.7 Å². The molecule has 96 valence electrons. The lowest BCUT2D eigenvalue weighted by atomic mass is 10.0. The van der Waals surface area contributed by atoms with Crippen molar-refractivity contribution in [3.05, 3.63) is 41.7 Å². The number of hydrogen-bond acceptors (Lipinski definition) is 3. The molecule has 1 heterocycles. The van der Waals surface area contributed by atoms with E-state index in [1.165, 1.54) is 17.7 Å². The summed E-state index contributed by atoms with van der Waals surface area (Å²) in [6.07, 6.45) is 4.04. The lowest BCUT2D eigenvalue weighted by Gasteiger charge is -2.13. The van der Waals surface area contributed by atoms with Gasteiger partial charge in [0.1, 0.15) is 0 Å². The van der Waals surface area contributed by atoms with Crippen LogP contribution >= 0.6 is 0 Å². The highest BCUT2D eigenvalue weighted by atomic mass is 19.1. The summed E-state index contributed by atoms with van der Waals surface area (Å²) in [5.74, 6) is -0.895.